The van der Waals surface area contributed by atoms with Crippen molar-refractivity contribution in [1.82, 2.24) is 19.8 Å². The summed E-state index contributed by atoms with van der Waals surface area (Å²) in [5.41, 5.74) is 0.562. The molecule has 0 unspecified atom stereocenters. The van der Waals surface area contributed by atoms with Crippen molar-refractivity contribution in [3.63, 3.8) is 0 Å². The molecule has 2 heterocycles. The number of aromatic amines is 1. The third-order valence-electron chi connectivity index (χ3n) is 4.78. The van der Waals surface area contributed by atoms with E-state index in [0.717, 1.165) is 0 Å². The molecule has 2 amide bonds. The van der Waals surface area contributed by atoms with Crippen LogP contribution >= 0.6 is 11.6 Å². The molecule has 8 heteroatoms. The minimum absolute atomic E-state index is 0.00435. The number of hydrogen-bond donors (Lipinski definition) is 2. The Balaban J connectivity index is 1.58. The SMILES string of the molecule is O=C(c1cccc(Cl)c1)N1CCC(C(=O)N(CCO)Cc2ncc[nH]2)CC1. The summed E-state index contributed by atoms with van der Waals surface area (Å²) in [6.45, 7) is 1.55. The van der Waals surface area contributed by atoms with Crippen LogP contribution in [0, 0.1) is 5.92 Å². The fourth-order valence-electron chi connectivity index (χ4n) is 3.34. The van der Waals surface area contributed by atoms with Gasteiger partial charge in [0.25, 0.3) is 5.91 Å². The number of rotatable bonds is 6. The maximum absolute atomic E-state index is 12.9. The summed E-state index contributed by atoms with van der Waals surface area (Å²) < 4.78 is 0. The summed E-state index contributed by atoms with van der Waals surface area (Å²) in [7, 11) is 0. The van der Waals surface area contributed by atoms with E-state index in [1.807, 2.05) is 0 Å². The smallest absolute Gasteiger partial charge is 0.253 e. The van der Waals surface area contributed by atoms with Crippen LogP contribution in [-0.4, -0.2) is 62.9 Å². The van der Waals surface area contributed by atoms with Gasteiger partial charge in [0.1, 0.15) is 5.82 Å². The number of nitrogens with one attached hydrogen (secondary N) is 1. The molecule has 0 aliphatic carbocycles. The van der Waals surface area contributed by atoms with Gasteiger partial charge < -0.3 is 19.9 Å². The molecule has 0 spiro atoms. The van der Waals surface area contributed by atoms with Gasteiger partial charge in [0.05, 0.1) is 13.2 Å². The van der Waals surface area contributed by atoms with Crippen LogP contribution in [-0.2, 0) is 11.3 Å². The lowest BCUT2D eigenvalue weighted by Crippen LogP contribution is -2.45. The van der Waals surface area contributed by atoms with Gasteiger partial charge in [-0.15, -0.1) is 0 Å². The average Bonchev–Trinajstić information content (AvgIpc) is 3.20. The number of aliphatic hydroxyl groups excluding tert-OH is 1. The highest BCUT2D eigenvalue weighted by Crippen LogP contribution is 2.22. The highest BCUT2D eigenvalue weighted by molar-refractivity contribution is 6.30. The van der Waals surface area contributed by atoms with Gasteiger partial charge in [-0.05, 0) is 31.0 Å². The first-order valence-electron chi connectivity index (χ1n) is 9.01. The number of hydrogen-bond acceptors (Lipinski definition) is 4. The molecule has 2 N–H and O–H groups in total. The molecule has 1 aliphatic rings. The number of carbonyl (C=O) groups excluding carboxylic acids is 2. The zero-order valence-electron chi connectivity index (χ0n) is 15.0. The van der Waals surface area contributed by atoms with Crippen molar-refractivity contribution < 1.29 is 14.7 Å². The van der Waals surface area contributed by atoms with E-state index >= 15 is 0 Å². The van der Waals surface area contributed by atoms with E-state index in [9.17, 15) is 14.7 Å². The van der Waals surface area contributed by atoms with Crippen LogP contribution in [0.1, 0.15) is 29.0 Å². The van der Waals surface area contributed by atoms with Crippen LogP contribution in [0.3, 0.4) is 0 Å². The van der Waals surface area contributed by atoms with Crippen LogP contribution in [0.2, 0.25) is 5.02 Å². The number of carbonyl (C=O) groups is 2. The lowest BCUT2D eigenvalue weighted by atomic mass is 9.94. The molecule has 1 fully saturated rings. The highest BCUT2D eigenvalue weighted by atomic mass is 35.5. The Labute approximate surface area is 163 Å². The number of aromatic nitrogens is 2. The fourth-order valence-corrected chi connectivity index (χ4v) is 3.54. The topological polar surface area (TPSA) is 89.5 Å². The predicted octanol–water partition coefficient (Wildman–Crippen LogP) is 1.94. The second-order valence-corrected chi connectivity index (χ2v) is 7.03. The molecule has 1 saturated heterocycles. The number of likely N-dealkylation sites (tertiary alicyclic amines) is 1. The molecule has 3 rings (SSSR count). The zero-order valence-corrected chi connectivity index (χ0v) is 15.7. The molecule has 1 aromatic carbocycles. The van der Waals surface area contributed by atoms with Crippen molar-refractivity contribution in [2.24, 2.45) is 5.92 Å². The molecule has 2 aromatic rings. The molecular formula is C19H23ClN4O3. The number of halogens is 1. The van der Waals surface area contributed by atoms with E-state index in [1.54, 1.807) is 46.5 Å². The van der Waals surface area contributed by atoms with Crippen molar-refractivity contribution in [3.8, 4) is 0 Å². The van der Waals surface area contributed by atoms with Gasteiger partial charge in [0.15, 0.2) is 0 Å². The van der Waals surface area contributed by atoms with Gasteiger partial charge in [-0.25, -0.2) is 4.98 Å². The average molecular weight is 391 g/mol. The first-order valence-corrected chi connectivity index (χ1v) is 9.39. The molecular weight excluding hydrogens is 368 g/mol. The van der Waals surface area contributed by atoms with Gasteiger partial charge in [-0.3, -0.25) is 9.59 Å². The molecule has 0 saturated carbocycles. The lowest BCUT2D eigenvalue weighted by Gasteiger charge is -2.34. The summed E-state index contributed by atoms with van der Waals surface area (Å²) in [5, 5.41) is 9.82. The van der Waals surface area contributed by atoms with Crippen LogP contribution in [0.15, 0.2) is 36.7 Å². The van der Waals surface area contributed by atoms with Crippen molar-refractivity contribution in [2.45, 2.75) is 19.4 Å². The molecule has 7 nitrogen and oxygen atoms in total. The summed E-state index contributed by atoms with van der Waals surface area (Å²) in [6, 6.07) is 6.90. The minimum Gasteiger partial charge on any atom is -0.395 e. The number of amides is 2. The van der Waals surface area contributed by atoms with E-state index in [4.69, 9.17) is 11.6 Å². The third-order valence-corrected chi connectivity index (χ3v) is 5.02. The van der Waals surface area contributed by atoms with Crippen molar-refractivity contribution in [2.75, 3.05) is 26.2 Å². The van der Waals surface area contributed by atoms with Crippen LogP contribution in [0.4, 0.5) is 0 Å². The summed E-state index contributed by atoms with van der Waals surface area (Å²) >= 11 is 5.97. The van der Waals surface area contributed by atoms with E-state index in [-0.39, 0.29) is 30.9 Å². The van der Waals surface area contributed by atoms with E-state index < -0.39 is 0 Å². The maximum Gasteiger partial charge on any atom is 0.253 e. The molecule has 0 radical (unpaired) electrons. The van der Waals surface area contributed by atoms with Crippen molar-refractivity contribution in [3.05, 3.63) is 53.1 Å². The molecule has 1 aromatic heterocycles. The first kappa shape index (κ1) is 19.4. The van der Waals surface area contributed by atoms with Crippen LogP contribution < -0.4 is 0 Å². The summed E-state index contributed by atoms with van der Waals surface area (Å²) in [5.74, 6) is 0.460. The van der Waals surface area contributed by atoms with Crippen molar-refractivity contribution in [1.29, 1.82) is 0 Å². The molecule has 27 heavy (non-hydrogen) atoms. The largest absolute Gasteiger partial charge is 0.395 e. The second kappa shape index (κ2) is 9.01. The van der Waals surface area contributed by atoms with Gasteiger partial charge in [-0.1, -0.05) is 17.7 Å². The first-order chi connectivity index (χ1) is 13.1. The number of H-pyrrole nitrogens is 1. The Morgan fingerprint density at radius 3 is 2.74 bits per heavy atom. The molecule has 144 valence electrons. The highest BCUT2D eigenvalue weighted by Gasteiger charge is 2.30. The summed E-state index contributed by atoms with van der Waals surface area (Å²) in [6.07, 6.45) is 4.55. The van der Waals surface area contributed by atoms with Gasteiger partial charge in [0, 0.05) is 48.5 Å². The second-order valence-electron chi connectivity index (χ2n) is 6.60. The standard InChI is InChI=1S/C19H23ClN4O3/c20-16-3-1-2-15(12-16)19(27)23-8-4-14(5-9-23)18(26)24(10-11-25)13-17-21-6-7-22-17/h1-3,6-7,12,14,25H,4-5,8-11,13H2,(H,21,22). The number of benzene rings is 1. The molecule has 1 aliphatic heterocycles. The zero-order chi connectivity index (χ0) is 19.2. The van der Waals surface area contributed by atoms with Gasteiger partial charge >= 0.3 is 0 Å². The number of nitrogens with zero attached hydrogens (tertiary/aromatic N) is 3. The molecule has 0 bridgehead atoms. The molecule has 0 atom stereocenters. The Bertz CT molecular complexity index is 773. The number of piperidine rings is 1. The third kappa shape index (κ3) is 4.87. The monoisotopic (exact) mass is 390 g/mol. The van der Waals surface area contributed by atoms with E-state index in [1.165, 1.54) is 0 Å². The Hall–Kier alpha value is -2.38. The Morgan fingerprint density at radius 2 is 2.11 bits per heavy atom. The fraction of sp³-hybridized carbons (Fsp3) is 0.421. The lowest BCUT2D eigenvalue weighted by molar-refractivity contribution is -0.138. The van der Waals surface area contributed by atoms with Gasteiger partial charge in [0.2, 0.25) is 5.91 Å². The number of imidazole rings is 1. The van der Waals surface area contributed by atoms with Crippen LogP contribution in [0.5, 0.6) is 0 Å². The van der Waals surface area contributed by atoms with Crippen LogP contribution in [0.25, 0.3) is 0 Å². The van der Waals surface area contributed by atoms with E-state index in [2.05, 4.69) is 9.97 Å². The predicted molar refractivity (Wildman–Crippen MR) is 101 cm³/mol. The maximum atomic E-state index is 12.9. The minimum atomic E-state index is -0.157. The van der Waals surface area contributed by atoms with E-state index in [0.29, 0.717) is 48.9 Å². The normalized spacial score (nSPS) is 15.0. The Kier molecular flexibility index (Phi) is 6.47. The van der Waals surface area contributed by atoms with Crippen molar-refractivity contribution >= 4 is 23.4 Å². The summed E-state index contributed by atoms with van der Waals surface area (Å²) in [4.78, 5) is 36.0. The number of aliphatic hydroxyl groups is 1. The Morgan fingerprint density at radius 1 is 1.33 bits per heavy atom. The van der Waals surface area contributed by atoms with Gasteiger partial charge in [-0.2, -0.15) is 0 Å². The quantitative estimate of drug-likeness (QED) is 0.788.